The molecule has 0 amide bonds. The van der Waals surface area contributed by atoms with Gasteiger partial charge in [0, 0.05) is 0 Å². The summed E-state index contributed by atoms with van der Waals surface area (Å²) in [5.41, 5.74) is 4.00. The van der Waals surface area contributed by atoms with Gasteiger partial charge in [0.05, 0.1) is 6.17 Å². The molecule has 142 valence electrons. The lowest BCUT2D eigenvalue weighted by Crippen LogP contribution is -2.45. The first kappa shape index (κ1) is 18.5. The highest BCUT2D eigenvalue weighted by molar-refractivity contribution is 5.69. The van der Waals surface area contributed by atoms with Crippen molar-refractivity contribution < 1.29 is 0 Å². The lowest BCUT2D eigenvalue weighted by molar-refractivity contribution is 0.0156. The fraction of sp³-hybridized carbons (Fsp3) is 0.440. The lowest BCUT2D eigenvalue weighted by Gasteiger charge is -2.43. The van der Waals surface area contributed by atoms with Crippen LogP contribution in [0.4, 0.5) is 0 Å². The van der Waals surface area contributed by atoms with Crippen LogP contribution in [0.5, 0.6) is 0 Å². The molecule has 0 bridgehead atoms. The van der Waals surface area contributed by atoms with Gasteiger partial charge in [0.1, 0.15) is 0 Å². The molecular weight excluding hydrogens is 328 g/mol. The largest absolute Gasteiger partial charge is 0.284 e. The zero-order valence-electron chi connectivity index (χ0n) is 16.4. The topological polar surface area (TPSA) is 6.48 Å². The summed E-state index contributed by atoms with van der Waals surface area (Å²) in [5, 5.41) is 0. The maximum absolute atomic E-state index is 2.73. The van der Waals surface area contributed by atoms with Crippen LogP contribution >= 0.6 is 0 Å². The summed E-state index contributed by atoms with van der Waals surface area (Å²) in [5.74, 6) is 0. The summed E-state index contributed by atoms with van der Waals surface area (Å²) in [6, 6.07) is 19.8. The molecule has 0 aromatic heterocycles. The van der Waals surface area contributed by atoms with E-state index in [1.807, 2.05) is 0 Å². The highest BCUT2D eigenvalue weighted by Crippen LogP contribution is 2.30. The smallest absolute Gasteiger partial charge is 0.0886 e. The van der Waals surface area contributed by atoms with Gasteiger partial charge in [0.2, 0.25) is 0 Å². The molecule has 0 saturated carbocycles. The standard InChI is InChI=1S/C25H32N2/c1-4-10-22(11-5-1)12-13-23-14-16-24(17-15-23)25(26-18-6-2-7-19-26)27-20-8-3-9-21-27/h1,4-5,10-17,25H,2-3,6-9,18-21H2. The van der Waals surface area contributed by atoms with Crippen LogP contribution in [0.15, 0.2) is 54.6 Å². The minimum Gasteiger partial charge on any atom is -0.284 e. The highest BCUT2D eigenvalue weighted by atomic mass is 15.4. The molecule has 2 fully saturated rings. The van der Waals surface area contributed by atoms with Gasteiger partial charge < -0.3 is 0 Å². The number of likely N-dealkylation sites (tertiary alicyclic amines) is 2. The zero-order chi connectivity index (χ0) is 18.3. The summed E-state index contributed by atoms with van der Waals surface area (Å²) < 4.78 is 0. The third kappa shape index (κ3) is 4.88. The Morgan fingerprint density at radius 2 is 1.04 bits per heavy atom. The highest BCUT2D eigenvalue weighted by Gasteiger charge is 2.28. The van der Waals surface area contributed by atoms with Crippen LogP contribution in [-0.2, 0) is 0 Å². The summed E-state index contributed by atoms with van der Waals surface area (Å²) >= 11 is 0. The van der Waals surface area contributed by atoms with Crippen molar-refractivity contribution in [3.05, 3.63) is 71.3 Å². The Balaban J connectivity index is 1.51. The predicted octanol–water partition coefficient (Wildman–Crippen LogP) is 5.83. The third-order valence-electron chi connectivity index (χ3n) is 5.98. The van der Waals surface area contributed by atoms with Crippen molar-refractivity contribution in [3.8, 4) is 0 Å². The van der Waals surface area contributed by atoms with Crippen molar-refractivity contribution in [1.29, 1.82) is 0 Å². The van der Waals surface area contributed by atoms with Crippen LogP contribution in [0.25, 0.3) is 12.2 Å². The first-order valence-corrected chi connectivity index (χ1v) is 10.7. The summed E-state index contributed by atoms with van der Waals surface area (Å²) in [6.45, 7) is 4.99. The third-order valence-corrected chi connectivity index (χ3v) is 5.98. The molecule has 2 heteroatoms. The second-order valence-electron chi connectivity index (χ2n) is 7.98. The second kappa shape index (κ2) is 9.34. The zero-order valence-corrected chi connectivity index (χ0v) is 16.4. The van der Waals surface area contributed by atoms with Crippen molar-refractivity contribution in [1.82, 2.24) is 9.80 Å². The van der Waals surface area contributed by atoms with Crippen molar-refractivity contribution in [2.75, 3.05) is 26.2 Å². The quantitative estimate of drug-likeness (QED) is 0.619. The summed E-state index contributed by atoms with van der Waals surface area (Å²) in [7, 11) is 0. The molecule has 4 rings (SSSR count). The Morgan fingerprint density at radius 3 is 1.56 bits per heavy atom. The monoisotopic (exact) mass is 360 g/mol. The number of piperidine rings is 2. The first-order chi connectivity index (χ1) is 13.4. The van der Waals surface area contributed by atoms with Gasteiger partial charge in [0.15, 0.2) is 0 Å². The Bertz CT molecular complexity index is 690. The van der Waals surface area contributed by atoms with Crippen LogP contribution in [0.2, 0.25) is 0 Å². The van der Waals surface area contributed by atoms with E-state index in [1.54, 1.807) is 0 Å². The maximum Gasteiger partial charge on any atom is 0.0886 e. The van der Waals surface area contributed by atoms with Crippen molar-refractivity contribution in [2.45, 2.75) is 44.7 Å². The van der Waals surface area contributed by atoms with Crippen LogP contribution in [0.1, 0.15) is 61.4 Å². The molecule has 27 heavy (non-hydrogen) atoms. The summed E-state index contributed by atoms with van der Waals surface area (Å²) in [4.78, 5) is 5.45. The molecule has 2 aliphatic heterocycles. The van der Waals surface area contributed by atoms with Crippen molar-refractivity contribution in [3.63, 3.8) is 0 Å². The molecule has 2 aromatic rings. The Labute approximate surface area is 164 Å². The molecule has 0 N–H and O–H groups in total. The number of nitrogens with zero attached hydrogens (tertiary/aromatic N) is 2. The Kier molecular flexibility index (Phi) is 6.39. The van der Waals surface area contributed by atoms with Gasteiger partial charge in [0.25, 0.3) is 0 Å². The van der Waals surface area contributed by atoms with Crippen LogP contribution in [0.3, 0.4) is 0 Å². The van der Waals surface area contributed by atoms with E-state index in [4.69, 9.17) is 0 Å². The number of hydrogen-bond acceptors (Lipinski definition) is 2. The van der Waals surface area contributed by atoms with Crippen LogP contribution in [0, 0.1) is 0 Å². The number of hydrogen-bond donors (Lipinski definition) is 0. The van der Waals surface area contributed by atoms with E-state index >= 15 is 0 Å². The van der Waals surface area contributed by atoms with Gasteiger partial charge in [-0.3, -0.25) is 9.80 Å². The van der Waals surface area contributed by atoms with Crippen molar-refractivity contribution >= 4 is 12.2 Å². The second-order valence-corrected chi connectivity index (χ2v) is 7.98. The molecule has 0 aliphatic carbocycles. The van der Waals surface area contributed by atoms with Gasteiger partial charge in [-0.1, -0.05) is 79.6 Å². The fourth-order valence-corrected chi connectivity index (χ4v) is 4.51. The van der Waals surface area contributed by atoms with E-state index in [0.29, 0.717) is 6.17 Å². The molecule has 2 aliphatic rings. The molecule has 0 atom stereocenters. The van der Waals surface area contributed by atoms with E-state index in [2.05, 4.69) is 76.5 Å². The molecule has 2 saturated heterocycles. The molecule has 0 unspecified atom stereocenters. The fourth-order valence-electron chi connectivity index (χ4n) is 4.51. The molecule has 2 aromatic carbocycles. The number of rotatable bonds is 5. The van der Waals surface area contributed by atoms with Crippen molar-refractivity contribution in [2.24, 2.45) is 0 Å². The molecule has 0 radical (unpaired) electrons. The SMILES string of the molecule is C(=Cc1ccc(C(N2CCCCC2)N2CCCCC2)cc1)c1ccccc1. The van der Waals surface area contributed by atoms with Gasteiger partial charge in [-0.15, -0.1) is 0 Å². The molecule has 0 spiro atoms. The van der Waals surface area contributed by atoms with E-state index < -0.39 is 0 Å². The average molecular weight is 361 g/mol. The van der Waals surface area contributed by atoms with Gasteiger partial charge in [-0.05, 0) is 68.6 Å². The van der Waals surface area contributed by atoms with Gasteiger partial charge in [-0.2, -0.15) is 0 Å². The van der Waals surface area contributed by atoms with Gasteiger partial charge >= 0.3 is 0 Å². The predicted molar refractivity (Wildman–Crippen MR) is 115 cm³/mol. The number of benzene rings is 2. The summed E-state index contributed by atoms with van der Waals surface area (Å²) in [6.07, 6.45) is 13.1. The van der Waals surface area contributed by atoms with E-state index in [-0.39, 0.29) is 0 Å². The van der Waals surface area contributed by atoms with Crippen LogP contribution in [-0.4, -0.2) is 36.0 Å². The minimum absolute atomic E-state index is 0.470. The van der Waals surface area contributed by atoms with E-state index in [9.17, 15) is 0 Å². The van der Waals surface area contributed by atoms with Gasteiger partial charge in [-0.25, -0.2) is 0 Å². The Hall–Kier alpha value is -1.90. The lowest BCUT2D eigenvalue weighted by atomic mass is 10.0. The van der Waals surface area contributed by atoms with E-state index in [1.165, 1.54) is 81.4 Å². The first-order valence-electron chi connectivity index (χ1n) is 10.7. The molecular formula is C25H32N2. The maximum atomic E-state index is 2.73. The average Bonchev–Trinajstić information content (AvgIpc) is 2.76. The minimum atomic E-state index is 0.470. The molecule has 2 nitrogen and oxygen atoms in total. The molecule has 2 heterocycles. The Morgan fingerprint density at radius 1 is 0.556 bits per heavy atom. The van der Waals surface area contributed by atoms with E-state index in [0.717, 1.165) is 0 Å². The van der Waals surface area contributed by atoms with Crippen LogP contribution < -0.4 is 0 Å². The normalized spacial score (nSPS) is 19.7.